The monoisotopic (exact) mass is 455 g/mol. The Labute approximate surface area is 186 Å². The van der Waals surface area contributed by atoms with Gasteiger partial charge in [0.25, 0.3) is 5.69 Å². The number of nitrogens with zero attached hydrogens (tertiary/aromatic N) is 7. The predicted molar refractivity (Wildman–Crippen MR) is 115 cm³/mol. The number of nitro benzene ring substituents is 1. The minimum Gasteiger partial charge on any atom is -0.462 e. The largest absolute Gasteiger partial charge is 0.462 e. The van der Waals surface area contributed by atoms with Gasteiger partial charge in [0.2, 0.25) is 5.51 Å². The maximum absolute atomic E-state index is 12.4. The summed E-state index contributed by atoms with van der Waals surface area (Å²) in [5.41, 5.74) is 17.5. The van der Waals surface area contributed by atoms with Gasteiger partial charge in [0.1, 0.15) is 17.2 Å². The first-order chi connectivity index (χ1) is 15.3. The molecule has 3 rings (SSSR count). The first-order valence-corrected chi connectivity index (χ1v) is 10.2. The van der Waals surface area contributed by atoms with Crippen LogP contribution in [0.3, 0.4) is 0 Å². The van der Waals surface area contributed by atoms with Gasteiger partial charge in [-0.2, -0.15) is 4.57 Å². The molecule has 0 aliphatic carbocycles. The van der Waals surface area contributed by atoms with E-state index in [0.717, 1.165) is 22.2 Å². The molecular formula is C19H19N8O4S+. The summed E-state index contributed by atoms with van der Waals surface area (Å²) in [6.45, 7) is 4.27. The summed E-state index contributed by atoms with van der Waals surface area (Å²) in [7, 11) is 0. The predicted octanol–water partition coefficient (Wildman–Crippen LogP) is 3.32. The van der Waals surface area contributed by atoms with Gasteiger partial charge in [0.15, 0.2) is 12.2 Å². The van der Waals surface area contributed by atoms with Gasteiger partial charge >= 0.3 is 5.97 Å². The number of anilines is 1. The van der Waals surface area contributed by atoms with E-state index in [-0.39, 0.29) is 17.9 Å². The number of nitrogens with two attached hydrogens (primary N) is 1. The minimum absolute atomic E-state index is 0.0362. The third-order valence-electron chi connectivity index (χ3n) is 4.64. The van der Waals surface area contributed by atoms with Crippen molar-refractivity contribution in [2.24, 2.45) is 5.11 Å². The van der Waals surface area contributed by atoms with Crippen LogP contribution in [0.2, 0.25) is 0 Å². The highest BCUT2D eigenvalue weighted by Gasteiger charge is 2.23. The third-order valence-corrected chi connectivity index (χ3v) is 5.78. The Morgan fingerprint density at radius 2 is 2.22 bits per heavy atom. The number of benzene rings is 1. The highest BCUT2D eigenvalue weighted by molar-refractivity contribution is 7.09. The zero-order valence-electron chi connectivity index (χ0n) is 17.3. The fraction of sp³-hybridized carbons (Fsp3) is 0.263. The molecule has 13 heteroatoms. The molecule has 2 heterocycles. The molecule has 3 aromatic rings. The molecule has 0 bridgehead atoms. The van der Waals surface area contributed by atoms with Crippen LogP contribution in [0.15, 0.2) is 35.0 Å². The smallest absolute Gasteiger partial charge is 0.345 e. The second-order valence-corrected chi connectivity index (χ2v) is 7.66. The van der Waals surface area contributed by atoms with Crippen LogP contribution in [0, 0.1) is 24.0 Å². The maximum atomic E-state index is 12.4. The SMILES string of the molecule is Cc1ncc(C[n+]2csc(CCOC(=O)c3ccc(N=[N+]=[N-])cc3[N+](=O)[O-])c2C)c(N)n1. The van der Waals surface area contributed by atoms with Crippen LogP contribution in [0.25, 0.3) is 10.4 Å². The summed E-state index contributed by atoms with van der Waals surface area (Å²) in [6, 6.07) is 3.56. The Hall–Kier alpha value is -4.09. The quantitative estimate of drug-likeness (QED) is 0.103. The van der Waals surface area contributed by atoms with Gasteiger partial charge < -0.3 is 10.5 Å². The molecule has 0 saturated carbocycles. The first-order valence-electron chi connectivity index (χ1n) is 9.35. The Balaban J connectivity index is 1.65. The zero-order valence-corrected chi connectivity index (χ0v) is 18.1. The van der Waals surface area contributed by atoms with Gasteiger partial charge in [-0.3, -0.25) is 10.1 Å². The Morgan fingerprint density at radius 1 is 1.44 bits per heavy atom. The van der Waals surface area contributed by atoms with Crippen LogP contribution in [-0.4, -0.2) is 27.5 Å². The summed E-state index contributed by atoms with van der Waals surface area (Å²) in [6.07, 6.45) is 2.14. The van der Waals surface area contributed by atoms with Crippen molar-refractivity contribution < 1.29 is 19.0 Å². The molecule has 2 aromatic heterocycles. The summed E-state index contributed by atoms with van der Waals surface area (Å²) < 4.78 is 7.25. The van der Waals surface area contributed by atoms with Crippen LogP contribution in [-0.2, 0) is 17.7 Å². The molecule has 0 radical (unpaired) electrons. The van der Waals surface area contributed by atoms with Crippen molar-refractivity contribution in [1.82, 2.24) is 9.97 Å². The summed E-state index contributed by atoms with van der Waals surface area (Å²) in [4.78, 5) is 34.8. The van der Waals surface area contributed by atoms with Gasteiger partial charge in [-0.05, 0) is 18.5 Å². The standard InChI is InChI=1S/C19H19N8O4S/c1-11-17(32-10-26(11)9-13-8-22-12(2)23-18(13)20)5-6-31-19(28)15-4-3-14(24-25-21)7-16(15)27(29)30/h3-4,7-8,10H,5-6,9H2,1-2H3,(H2,20,22,23)/q+1. The Kier molecular flexibility index (Phi) is 6.93. The third kappa shape index (κ3) is 5.14. The van der Waals surface area contributed by atoms with E-state index in [1.54, 1.807) is 13.1 Å². The van der Waals surface area contributed by atoms with Crippen molar-refractivity contribution in [2.75, 3.05) is 12.3 Å². The molecule has 0 spiro atoms. The lowest BCUT2D eigenvalue weighted by Gasteiger charge is -2.05. The van der Waals surface area contributed by atoms with Gasteiger partial charge in [0, 0.05) is 36.2 Å². The number of hydrogen-bond donors (Lipinski definition) is 1. The van der Waals surface area contributed by atoms with Crippen molar-refractivity contribution in [1.29, 1.82) is 0 Å². The zero-order chi connectivity index (χ0) is 23.3. The van der Waals surface area contributed by atoms with E-state index in [2.05, 4.69) is 20.0 Å². The van der Waals surface area contributed by atoms with Crippen molar-refractivity contribution in [3.63, 3.8) is 0 Å². The fourth-order valence-electron chi connectivity index (χ4n) is 2.94. The van der Waals surface area contributed by atoms with Crippen LogP contribution < -0.4 is 10.3 Å². The van der Waals surface area contributed by atoms with E-state index in [9.17, 15) is 14.9 Å². The van der Waals surface area contributed by atoms with Crippen LogP contribution in [0.5, 0.6) is 0 Å². The highest BCUT2D eigenvalue weighted by atomic mass is 32.1. The van der Waals surface area contributed by atoms with Crippen molar-refractivity contribution in [3.05, 3.63) is 78.0 Å². The number of rotatable bonds is 8. The molecule has 0 fully saturated rings. The van der Waals surface area contributed by atoms with Crippen molar-refractivity contribution in [2.45, 2.75) is 26.8 Å². The van der Waals surface area contributed by atoms with Gasteiger partial charge in [-0.1, -0.05) is 22.5 Å². The summed E-state index contributed by atoms with van der Waals surface area (Å²) in [5, 5.41) is 14.6. The molecule has 0 aliphatic heterocycles. The molecule has 2 N–H and O–H groups in total. The van der Waals surface area contributed by atoms with E-state index in [1.807, 2.05) is 17.0 Å². The number of nitrogen functional groups attached to an aromatic ring is 1. The van der Waals surface area contributed by atoms with E-state index in [1.165, 1.54) is 23.5 Å². The topological polar surface area (TPSA) is 174 Å². The number of thiazole rings is 1. The van der Waals surface area contributed by atoms with Crippen molar-refractivity contribution in [3.8, 4) is 0 Å². The van der Waals surface area contributed by atoms with Gasteiger partial charge in [-0.25, -0.2) is 14.8 Å². The van der Waals surface area contributed by atoms with Crippen LogP contribution >= 0.6 is 11.3 Å². The molecule has 0 saturated heterocycles. The summed E-state index contributed by atoms with van der Waals surface area (Å²) in [5.74, 6) is 0.212. The number of nitro groups is 1. The van der Waals surface area contributed by atoms with Crippen LogP contribution in [0.1, 0.15) is 32.3 Å². The average molecular weight is 455 g/mol. The number of aryl methyl sites for hydroxylation is 1. The fourth-order valence-corrected chi connectivity index (χ4v) is 3.91. The molecule has 12 nitrogen and oxygen atoms in total. The number of ether oxygens (including phenoxy) is 1. The van der Waals surface area contributed by atoms with E-state index >= 15 is 0 Å². The number of hydrogen-bond acceptors (Lipinski definition) is 9. The molecule has 0 aliphatic rings. The lowest BCUT2D eigenvalue weighted by atomic mass is 10.1. The number of esters is 1. The molecule has 0 atom stereocenters. The van der Waals surface area contributed by atoms with Gasteiger partial charge in [0.05, 0.1) is 22.0 Å². The van der Waals surface area contributed by atoms with Crippen molar-refractivity contribution >= 4 is 34.5 Å². The number of aromatic nitrogens is 3. The van der Waals surface area contributed by atoms with E-state index < -0.39 is 16.6 Å². The number of carbonyl (C=O) groups is 1. The molecule has 0 unspecified atom stereocenters. The average Bonchev–Trinajstić information content (AvgIpc) is 3.09. The molecule has 0 amide bonds. The van der Waals surface area contributed by atoms with E-state index in [0.29, 0.717) is 24.6 Å². The lowest BCUT2D eigenvalue weighted by molar-refractivity contribution is -0.689. The highest BCUT2D eigenvalue weighted by Crippen LogP contribution is 2.26. The molecule has 164 valence electrons. The Morgan fingerprint density at radius 3 is 2.91 bits per heavy atom. The second kappa shape index (κ2) is 9.81. The molecule has 32 heavy (non-hydrogen) atoms. The van der Waals surface area contributed by atoms with Gasteiger partial charge in [-0.15, -0.1) is 0 Å². The second-order valence-electron chi connectivity index (χ2n) is 6.72. The molecular weight excluding hydrogens is 436 g/mol. The van der Waals surface area contributed by atoms with E-state index in [4.69, 9.17) is 16.0 Å². The Bertz CT molecular complexity index is 1240. The normalized spacial score (nSPS) is 10.4. The first kappa shape index (κ1) is 22.6. The molecule has 1 aromatic carbocycles. The van der Waals surface area contributed by atoms with Crippen LogP contribution in [0.4, 0.5) is 17.2 Å². The maximum Gasteiger partial charge on any atom is 0.345 e. The minimum atomic E-state index is -0.823. The summed E-state index contributed by atoms with van der Waals surface area (Å²) >= 11 is 1.50. The number of carbonyl (C=O) groups excluding carboxylic acids is 1. The lowest BCUT2D eigenvalue weighted by Crippen LogP contribution is -2.35. The number of azide groups is 1.